The van der Waals surface area contributed by atoms with Crippen molar-refractivity contribution >= 4 is 17.0 Å². The Morgan fingerprint density at radius 3 is 2.78 bits per heavy atom. The molecule has 7 heteroatoms. The van der Waals surface area contributed by atoms with E-state index < -0.39 is 0 Å². The lowest BCUT2D eigenvalue weighted by Crippen LogP contribution is -2.15. The van der Waals surface area contributed by atoms with E-state index in [0.29, 0.717) is 23.5 Å². The highest BCUT2D eigenvalue weighted by Crippen LogP contribution is 2.16. The molecule has 0 fully saturated rings. The van der Waals surface area contributed by atoms with Gasteiger partial charge in [-0.2, -0.15) is 5.10 Å². The number of benzene rings is 1. The minimum Gasteiger partial charge on any atom is -0.352 e. The Bertz CT molecular complexity index is 1120. The van der Waals surface area contributed by atoms with Crippen molar-refractivity contribution in [1.82, 2.24) is 24.3 Å². The van der Waals surface area contributed by atoms with Crippen molar-refractivity contribution in [2.45, 2.75) is 26.3 Å². The summed E-state index contributed by atoms with van der Waals surface area (Å²) in [4.78, 5) is 19.9. The second kappa shape index (κ2) is 7.11. The van der Waals surface area contributed by atoms with Crippen molar-refractivity contribution in [1.29, 1.82) is 0 Å². The molecule has 3 aromatic heterocycles. The fraction of sp³-hybridized carbons (Fsp3) is 0.250. The minimum atomic E-state index is -0.180. The van der Waals surface area contributed by atoms with Crippen LogP contribution in [0.4, 0.5) is 5.95 Å². The van der Waals surface area contributed by atoms with Crippen LogP contribution in [0.3, 0.4) is 0 Å². The highest BCUT2D eigenvalue weighted by Gasteiger charge is 2.14. The zero-order valence-electron chi connectivity index (χ0n) is 15.4. The van der Waals surface area contributed by atoms with Gasteiger partial charge in [0.1, 0.15) is 5.52 Å². The van der Waals surface area contributed by atoms with Crippen LogP contribution in [0, 0.1) is 0 Å². The van der Waals surface area contributed by atoms with Crippen LogP contribution in [-0.4, -0.2) is 24.3 Å². The van der Waals surface area contributed by atoms with Crippen LogP contribution < -0.4 is 10.9 Å². The van der Waals surface area contributed by atoms with Gasteiger partial charge in [0.05, 0.1) is 5.69 Å². The summed E-state index contributed by atoms with van der Waals surface area (Å²) in [6.07, 6.45) is 5.77. The monoisotopic (exact) mass is 362 g/mol. The average molecular weight is 362 g/mol. The number of H-pyrrole nitrogens is 1. The van der Waals surface area contributed by atoms with Crippen molar-refractivity contribution in [2.24, 2.45) is 7.05 Å². The first-order valence-electron chi connectivity index (χ1n) is 9.07. The van der Waals surface area contributed by atoms with E-state index in [9.17, 15) is 4.79 Å². The summed E-state index contributed by atoms with van der Waals surface area (Å²) >= 11 is 0. The van der Waals surface area contributed by atoms with Crippen LogP contribution in [0.1, 0.15) is 24.6 Å². The molecule has 0 unspecified atom stereocenters. The smallest absolute Gasteiger partial charge is 0.278 e. The first kappa shape index (κ1) is 17.1. The molecule has 0 atom stereocenters. The predicted molar refractivity (Wildman–Crippen MR) is 106 cm³/mol. The Labute approximate surface area is 156 Å². The van der Waals surface area contributed by atoms with Gasteiger partial charge >= 0.3 is 0 Å². The molecular weight excluding hydrogens is 340 g/mol. The molecule has 4 rings (SSSR count). The Hall–Kier alpha value is -3.35. The lowest BCUT2D eigenvalue weighted by Gasteiger charge is -2.08. The van der Waals surface area contributed by atoms with Crippen molar-refractivity contribution in [3.63, 3.8) is 0 Å². The number of hydrogen-bond acceptors (Lipinski definition) is 4. The van der Waals surface area contributed by atoms with E-state index >= 15 is 0 Å². The highest BCUT2D eigenvalue weighted by atomic mass is 16.1. The zero-order valence-corrected chi connectivity index (χ0v) is 15.4. The summed E-state index contributed by atoms with van der Waals surface area (Å²) in [6, 6.07) is 12.2. The van der Waals surface area contributed by atoms with Gasteiger partial charge in [0.2, 0.25) is 5.95 Å². The summed E-state index contributed by atoms with van der Waals surface area (Å²) < 4.78 is 3.67. The maximum absolute atomic E-state index is 12.5. The van der Waals surface area contributed by atoms with Crippen LogP contribution in [0.25, 0.3) is 16.7 Å². The van der Waals surface area contributed by atoms with Crippen LogP contribution in [0.15, 0.2) is 53.6 Å². The molecule has 3 heterocycles. The van der Waals surface area contributed by atoms with E-state index in [4.69, 9.17) is 0 Å². The lowest BCUT2D eigenvalue weighted by atomic mass is 10.2. The van der Waals surface area contributed by atoms with Gasteiger partial charge in [-0.15, -0.1) is 0 Å². The number of aromatic nitrogens is 5. The Kier molecular flexibility index (Phi) is 4.50. The Morgan fingerprint density at radius 2 is 2.00 bits per heavy atom. The minimum absolute atomic E-state index is 0.180. The number of fused-ring (bicyclic) bond motifs is 1. The van der Waals surface area contributed by atoms with Gasteiger partial charge in [-0.05, 0) is 36.2 Å². The van der Waals surface area contributed by atoms with E-state index in [1.54, 1.807) is 11.7 Å². The molecule has 27 heavy (non-hydrogen) atoms. The van der Waals surface area contributed by atoms with Gasteiger partial charge in [-0.25, -0.2) is 4.98 Å². The summed E-state index contributed by atoms with van der Waals surface area (Å²) in [5, 5.41) is 7.68. The molecule has 1 aromatic carbocycles. The molecular formula is C20H22N6O. The topological polar surface area (TPSA) is 80.5 Å². The third kappa shape index (κ3) is 3.36. The molecule has 0 bridgehead atoms. The van der Waals surface area contributed by atoms with Crippen LogP contribution >= 0.6 is 0 Å². The van der Waals surface area contributed by atoms with Crippen molar-refractivity contribution in [3.8, 4) is 5.69 Å². The van der Waals surface area contributed by atoms with E-state index in [0.717, 1.165) is 29.8 Å². The molecule has 0 aliphatic carbocycles. The van der Waals surface area contributed by atoms with Crippen molar-refractivity contribution in [2.75, 3.05) is 5.32 Å². The molecule has 0 radical (unpaired) electrons. The number of aryl methyl sites for hydroxylation is 2. The quantitative estimate of drug-likeness (QED) is 0.552. The van der Waals surface area contributed by atoms with Crippen molar-refractivity contribution < 1.29 is 0 Å². The molecule has 7 nitrogen and oxygen atoms in total. The number of nitrogens with zero attached hydrogens (tertiary/aromatic N) is 4. The molecule has 2 N–H and O–H groups in total. The fourth-order valence-electron chi connectivity index (χ4n) is 3.26. The van der Waals surface area contributed by atoms with Gasteiger partial charge in [0.25, 0.3) is 5.56 Å². The first-order chi connectivity index (χ1) is 13.2. The Morgan fingerprint density at radius 1 is 1.19 bits per heavy atom. The van der Waals surface area contributed by atoms with Crippen LogP contribution in [-0.2, 0) is 20.0 Å². The van der Waals surface area contributed by atoms with Gasteiger partial charge in [-0.1, -0.05) is 25.5 Å². The molecule has 0 aliphatic rings. The van der Waals surface area contributed by atoms with Gasteiger partial charge < -0.3 is 9.88 Å². The third-order valence-corrected chi connectivity index (χ3v) is 4.52. The Balaban J connectivity index is 1.60. The van der Waals surface area contributed by atoms with Gasteiger partial charge in [-0.3, -0.25) is 14.5 Å². The molecule has 0 saturated carbocycles. The molecule has 138 valence electrons. The number of hydrogen-bond donors (Lipinski definition) is 2. The number of anilines is 1. The molecule has 0 amide bonds. The van der Waals surface area contributed by atoms with E-state index in [-0.39, 0.29) is 5.56 Å². The summed E-state index contributed by atoms with van der Waals surface area (Å²) in [6.45, 7) is 2.65. The van der Waals surface area contributed by atoms with E-state index in [1.165, 1.54) is 0 Å². The number of nitrogens with one attached hydrogen (secondary N) is 2. The second-order valence-corrected chi connectivity index (χ2v) is 6.55. The van der Waals surface area contributed by atoms with Gasteiger partial charge in [0.15, 0.2) is 5.52 Å². The second-order valence-electron chi connectivity index (χ2n) is 6.55. The van der Waals surface area contributed by atoms with E-state index in [1.807, 2.05) is 36.7 Å². The first-order valence-corrected chi connectivity index (χ1v) is 9.07. The normalized spacial score (nSPS) is 11.2. The maximum Gasteiger partial charge on any atom is 0.278 e. The average Bonchev–Trinajstić information content (AvgIpc) is 3.30. The third-order valence-electron chi connectivity index (χ3n) is 4.52. The highest BCUT2D eigenvalue weighted by molar-refractivity contribution is 5.77. The molecule has 0 spiro atoms. The van der Waals surface area contributed by atoms with E-state index in [2.05, 4.69) is 44.0 Å². The lowest BCUT2D eigenvalue weighted by molar-refractivity contribution is 0.751. The molecule has 0 saturated heterocycles. The van der Waals surface area contributed by atoms with Crippen LogP contribution in [0.5, 0.6) is 0 Å². The predicted octanol–water partition coefficient (Wildman–Crippen LogP) is 3.01. The summed E-state index contributed by atoms with van der Waals surface area (Å²) in [5.74, 6) is 0.462. The standard InChI is InChI=1S/C20H22N6O/c1-3-7-16-17-18(25(2)24-16)19(27)23-20(22-17)21-13-14-8-6-9-15(12-14)26-10-4-5-11-26/h4-6,8-12H,3,7,13H2,1-2H3,(H2,21,22,23,27). The molecule has 0 aliphatic heterocycles. The van der Waals surface area contributed by atoms with Crippen LogP contribution in [0.2, 0.25) is 0 Å². The maximum atomic E-state index is 12.5. The fourth-order valence-corrected chi connectivity index (χ4v) is 3.26. The zero-order chi connectivity index (χ0) is 18.8. The summed E-state index contributed by atoms with van der Waals surface area (Å²) in [5.41, 5.74) is 4.06. The number of rotatable bonds is 6. The summed E-state index contributed by atoms with van der Waals surface area (Å²) in [7, 11) is 1.78. The van der Waals surface area contributed by atoms with Crippen molar-refractivity contribution in [3.05, 3.63) is 70.4 Å². The molecule has 4 aromatic rings. The SMILES string of the molecule is CCCc1nn(C)c2c(=O)[nH]c(NCc3cccc(-n4cccc4)c3)nc12. The largest absolute Gasteiger partial charge is 0.352 e. The van der Waals surface area contributed by atoms with Gasteiger partial charge in [0, 0.05) is 31.7 Å². The number of aromatic amines is 1.